The number of benzene rings is 1. The van der Waals surface area contributed by atoms with Crippen molar-refractivity contribution in [3.8, 4) is 0 Å². The van der Waals surface area contributed by atoms with Crippen LogP contribution in [0.15, 0.2) is 29.2 Å². The van der Waals surface area contributed by atoms with E-state index in [0.717, 1.165) is 0 Å². The predicted octanol–water partition coefficient (Wildman–Crippen LogP) is 0.920. The molecule has 0 spiro atoms. The fraction of sp³-hybridized carbons (Fsp3) is 0.429. The van der Waals surface area contributed by atoms with Gasteiger partial charge in [-0.1, -0.05) is 13.8 Å². The summed E-state index contributed by atoms with van der Waals surface area (Å²) in [6, 6.07) is 4.38. The summed E-state index contributed by atoms with van der Waals surface area (Å²) in [5, 5.41) is 11.0. The van der Waals surface area contributed by atoms with Crippen LogP contribution >= 0.6 is 0 Å². The Kier molecular flexibility index (Phi) is 6.07. The first-order valence-electron chi connectivity index (χ1n) is 6.87. The number of hydrogen-bond acceptors (Lipinski definition) is 4. The van der Waals surface area contributed by atoms with Gasteiger partial charge in [-0.15, -0.1) is 0 Å². The van der Waals surface area contributed by atoms with Crippen molar-refractivity contribution in [2.24, 2.45) is 0 Å². The summed E-state index contributed by atoms with van der Waals surface area (Å²) in [5.74, 6) is -1.71. The molecule has 22 heavy (non-hydrogen) atoms. The Morgan fingerprint density at radius 1 is 1.18 bits per heavy atom. The second-order valence-electron chi connectivity index (χ2n) is 4.65. The zero-order chi connectivity index (χ0) is 16.9. The van der Waals surface area contributed by atoms with Crippen molar-refractivity contribution < 1.29 is 23.1 Å². The molecule has 0 aliphatic rings. The summed E-state index contributed by atoms with van der Waals surface area (Å²) in [6.07, 6.45) is 0. The maximum Gasteiger partial charge on any atom is 0.325 e. The van der Waals surface area contributed by atoms with Gasteiger partial charge in [0.25, 0.3) is 5.91 Å². The second kappa shape index (κ2) is 7.37. The highest BCUT2D eigenvalue weighted by Crippen LogP contribution is 2.16. The molecule has 1 rings (SSSR count). The minimum absolute atomic E-state index is 0.0963. The summed E-state index contributed by atoms with van der Waals surface area (Å²) in [5.41, 5.74) is 0.201. The van der Waals surface area contributed by atoms with Crippen LogP contribution < -0.4 is 5.32 Å². The van der Waals surface area contributed by atoms with Crippen LogP contribution in [0.1, 0.15) is 31.1 Å². The number of sulfonamides is 1. The molecule has 0 saturated carbocycles. The molecule has 122 valence electrons. The number of carbonyl (C=O) groups excluding carboxylic acids is 1. The summed E-state index contributed by atoms with van der Waals surface area (Å²) < 4.78 is 25.9. The fourth-order valence-electron chi connectivity index (χ4n) is 1.83. The van der Waals surface area contributed by atoms with Gasteiger partial charge in [-0.05, 0) is 31.2 Å². The molecule has 0 fully saturated rings. The highest BCUT2D eigenvalue weighted by Gasteiger charge is 2.22. The lowest BCUT2D eigenvalue weighted by molar-refractivity contribution is -0.138. The van der Waals surface area contributed by atoms with Crippen molar-refractivity contribution in [2.75, 3.05) is 13.1 Å². The highest BCUT2D eigenvalue weighted by atomic mass is 32.2. The lowest BCUT2D eigenvalue weighted by Crippen LogP contribution is -2.38. The average molecular weight is 328 g/mol. The van der Waals surface area contributed by atoms with Crippen molar-refractivity contribution in [3.05, 3.63) is 29.8 Å². The van der Waals surface area contributed by atoms with Crippen LogP contribution in [-0.4, -0.2) is 48.8 Å². The number of hydrogen-bond donors (Lipinski definition) is 2. The van der Waals surface area contributed by atoms with E-state index in [4.69, 9.17) is 5.11 Å². The molecule has 0 aromatic heterocycles. The van der Waals surface area contributed by atoms with Crippen LogP contribution in [0.2, 0.25) is 0 Å². The van der Waals surface area contributed by atoms with Gasteiger partial charge in [-0.25, -0.2) is 8.42 Å². The monoisotopic (exact) mass is 328 g/mol. The number of nitrogens with zero attached hydrogens (tertiary/aromatic N) is 1. The second-order valence-corrected chi connectivity index (χ2v) is 6.59. The third-order valence-corrected chi connectivity index (χ3v) is 5.24. The SMILES string of the molecule is CCN(CC)S(=O)(=O)c1ccc(C(=O)N[C@@H](C)C(=O)O)cc1. The molecular formula is C14H20N2O5S. The van der Waals surface area contributed by atoms with Crippen LogP contribution in [0, 0.1) is 0 Å². The lowest BCUT2D eigenvalue weighted by Gasteiger charge is -2.18. The van der Waals surface area contributed by atoms with Crippen molar-refractivity contribution in [2.45, 2.75) is 31.7 Å². The van der Waals surface area contributed by atoms with E-state index in [1.807, 2.05) is 0 Å². The molecule has 1 amide bonds. The van der Waals surface area contributed by atoms with Gasteiger partial charge in [0, 0.05) is 18.7 Å². The topological polar surface area (TPSA) is 104 Å². The number of carboxylic acids is 1. The Morgan fingerprint density at radius 2 is 1.68 bits per heavy atom. The predicted molar refractivity (Wildman–Crippen MR) is 81.1 cm³/mol. The fourth-order valence-corrected chi connectivity index (χ4v) is 3.29. The van der Waals surface area contributed by atoms with E-state index in [1.165, 1.54) is 35.5 Å². The van der Waals surface area contributed by atoms with Gasteiger partial charge in [0.15, 0.2) is 0 Å². The number of nitrogens with one attached hydrogen (secondary N) is 1. The Balaban J connectivity index is 2.96. The summed E-state index contributed by atoms with van der Waals surface area (Å²) in [7, 11) is -3.57. The van der Waals surface area contributed by atoms with Crippen molar-refractivity contribution in [1.82, 2.24) is 9.62 Å². The summed E-state index contributed by atoms with van der Waals surface area (Å²) >= 11 is 0. The molecule has 8 heteroatoms. The normalized spacial score (nSPS) is 12.9. The molecule has 0 aliphatic heterocycles. The molecule has 0 saturated heterocycles. The Morgan fingerprint density at radius 3 is 2.09 bits per heavy atom. The molecule has 0 heterocycles. The molecule has 0 bridgehead atoms. The van der Waals surface area contributed by atoms with Crippen molar-refractivity contribution in [1.29, 1.82) is 0 Å². The van der Waals surface area contributed by atoms with E-state index >= 15 is 0 Å². The van der Waals surface area contributed by atoms with Crippen LogP contribution in [0.4, 0.5) is 0 Å². The first kappa shape index (κ1) is 18.1. The minimum Gasteiger partial charge on any atom is -0.480 e. The van der Waals surface area contributed by atoms with E-state index in [2.05, 4.69) is 5.32 Å². The molecule has 1 aromatic rings. The van der Waals surface area contributed by atoms with Crippen LogP contribution in [0.3, 0.4) is 0 Å². The highest BCUT2D eigenvalue weighted by molar-refractivity contribution is 7.89. The molecule has 0 aliphatic carbocycles. The molecule has 1 atom stereocenters. The smallest absolute Gasteiger partial charge is 0.325 e. The third-order valence-electron chi connectivity index (χ3n) is 3.18. The molecule has 7 nitrogen and oxygen atoms in total. The van der Waals surface area contributed by atoms with E-state index in [-0.39, 0.29) is 10.5 Å². The van der Waals surface area contributed by atoms with Gasteiger partial charge in [-0.2, -0.15) is 4.31 Å². The Bertz CT molecular complexity index is 636. The van der Waals surface area contributed by atoms with Gasteiger partial charge < -0.3 is 10.4 Å². The Hall–Kier alpha value is -1.93. The Labute approximate surface area is 130 Å². The van der Waals surface area contributed by atoms with Gasteiger partial charge >= 0.3 is 5.97 Å². The van der Waals surface area contributed by atoms with Gasteiger partial charge in [0.05, 0.1) is 4.90 Å². The quantitative estimate of drug-likeness (QED) is 0.774. The van der Waals surface area contributed by atoms with Crippen molar-refractivity contribution >= 4 is 21.9 Å². The standard InChI is InChI=1S/C14H20N2O5S/c1-4-16(5-2)22(20,21)12-8-6-11(7-9-12)13(17)15-10(3)14(18)19/h6-10H,4-5H2,1-3H3,(H,15,17)(H,18,19)/t10-/m0/s1. The van der Waals surface area contributed by atoms with E-state index in [0.29, 0.717) is 13.1 Å². The molecule has 1 aromatic carbocycles. The summed E-state index contributed by atoms with van der Waals surface area (Å²) in [4.78, 5) is 22.6. The molecular weight excluding hydrogens is 308 g/mol. The maximum atomic E-state index is 12.3. The average Bonchev–Trinajstić information content (AvgIpc) is 2.48. The largest absolute Gasteiger partial charge is 0.480 e. The van der Waals surface area contributed by atoms with Gasteiger partial charge in [0.1, 0.15) is 6.04 Å². The van der Waals surface area contributed by atoms with Crippen LogP contribution in [0.5, 0.6) is 0 Å². The van der Waals surface area contributed by atoms with Gasteiger partial charge in [-0.3, -0.25) is 9.59 Å². The number of rotatable bonds is 7. The lowest BCUT2D eigenvalue weighted by atomic mass is 10.2. The van der Waals surface area contributed by atoms with Crippen LogP contribution in [-0.2, 0) is 14.8 Å². The first-order valence-corrected chi connectivity index (χ1v) is 8.31. The zero-order valence-electron chi connectivity index (χ0n) is 12.7. The third kappa shape index (κ3) is 4.05. The number of carboxylic acid groups (broad SMARTS) is 1. The molecule has 2 N–H and O–H groups in total. The first-order chi connectivity index (χ1) is 10.2. The zero-order valence-corrected chi connectivity index (χ0v) is 13.6. The summed E-state index contributed by atoms with van der Waals surface area (Å²) in [6.45, 7) is 5.56. The minimum atomic E-state index is -3.57. The number of amides is 1. The number of carbonyl (C=O) groups is 2. The van der Waals surface area contributed by atoms with E-state index < -0.39 is 27.9 Å². The van der Waals surface area contributed by atoms with E-state index in [1.54, 1.807) is 13.8 Å². The van der Waals surface area contributed by atoms with Gasteiger partial charge in [0.2, 0.25) is 10.0 Å². The van der Waals surface area contributed by atoms with Crippen LogP contribution in [0.25, 0.3) is 0 Å². The van der Waals surface area contributed by atoms with Crippen molar-refractivity contribution in [3.63, 3.8) is 0 Å². The maximum absolute atomic E-state index is 12.3. The molecule has 0 unspecified atom stereocenters. The van der Waals surface area contributed by atoms with E-state index in [9.17, 15) is 18.0 Å². The molecule has 0 radical (unpaired) electrons. The number of aliphatic carboxylic acids is 1.